The summed E-state index contributed by atoms with van der Waals surface area (Å²) in [6.07, 6.45) is 0.000587. The zero-order valence-electron chi connectivity index (χ0n) is 24.5. The Bertz CT molecular complexity index is 1160. The van der Waals surface area contributed by atoms with Gasteiger partial charge in [0.25, 0.3) is 0 Å². The molecule has 1 aromatic carbocycles. The first-order valence-electron chi connectivity index (χ1n) is 13.5. The van der Waals surface area contributed by atoms with Crippen LogP contribution in [-0.4, -0.2) is 144 Å². The van der Waals surface area contributed by atoms with Crippen molar-refractivity contribution >= 4 is 47.4 Å². The van der Waals surface area contributed by atoms with Crippen LogP contribution in [0.1, 0.15) is 12.5 Å². The van der Waals surface area contributed by atoms with Crippen LogP contribution in [0.25, 0.3) is 0 Å². The van der Waals surface area contributed by atoms with Crippen LogP contribution in [-0.2, 0) is 40.0 Å². The summed E-state index contributed by atoms with van der Waals surface area (Å²) in [5.41, 5.74) is 1.02. The molecule has 18 heteroatoms. The van der Waals surface area contributed by atoms with Crippen molar-refractivity contribution in [2.24, 2.45) is 0 Å². The molecular formula is C27H34N5O13-5. The third kappa shape index (κ3) is 17.9. The normalized spacial score (nSPS) is 11.9. The lowest BCUT2D eigenvalue weighted by molar-refractivity contribution is -0.312. The Labute approximate surface area is 258 Å². The Morgan fingerprint density at radius 1 is 0.644 bits per heavy atom. The number of nitrogens with zero attached hydrogens (tertiary/aromatic N) is 4. The fourth-order valence-electron chi connectivity index (χ4n) is 4.48. The number of carbonyl (C=O) groups excluding carboxylic acids is 6. The van der Waals surface area contributed by atoms with Crippen molar-refractivity contribution in [3.63, 3.8) is 0 Å². The SMILES string of the molecule is CC(=O)Nc1ccc(CC(CN(CCN(CCN(CC(=O)[O-])CC(=O)O)CC(=O)[O-])CC(=O)[O-])N(CC(=O)[O-])CC(=O)[O-])cc1. The first-order valence-corrected chi connectivity index (χ1v) is 13.5. The Hall–Kier alpha value is -4.65. The molecule has 0 saturated heterocycles. The van der Waals surface area contributed by atoms with Crippen molar-refractivity contribution in [1.29, 1.82) is 0 Å². The van der Waals surface area contributed by atoms with Crippen molar-refractivity contribution < 1.29 is 64.2 Å². The highest BCUT2D eigenvalue weighted by Crippen LogP contribution is 2.15. The van der Waals surface area contributed by atoms with E-state index in [9.17, 15) is 59.1 Å². The summed E-state index contributed by atoms with van der Waals surface area (Å²) in [5, 5.41) is 68.4. The molecule has 250 valence electrons. The van der Waals surface area contributed by atoms with Gasteiger partial charge in [0.2, 0.25) is 5.91 Å². The van der Waals surface area contributed by atoms with E-state index in [1.54, 1.807) is 24.3 Å². The maximum atomic E-state index is 11.6. The summed E-state index contributed by atoms with van der Waals surface area (Å²) in [4.78, 5) is 83.8. The van der Waals surface area contributed by atoms with E-state index in [2.05, 4.69) is 5.32 Å². The second-order valence-electron chi connectivity index (χ2n) is 10.1. The first-order chi connectivity index (χ1) is 21.0. The minimum Gasteiger partial charge on any atom is -0.549 e. The summed E-state index contributed by atoms with van der Waals surface area (Å²) in [5.74, 6) is -9.53. The Balaban J connectivity index is 3.24. The van der Waals surface area contributed by atoms with E-state index in [4.69, 9.17) is 5.11 Å². The maximum absolute atomic E-state index is 11.6. The molecule has 2 N–H and O–H groups in total. The summed E-state index contributed by atoms with van der Waals surface area (Å²) in [6, 6.07) is 5.33. The number of carboxylic acids is 6. The first kappa shape index (κ1) is 38.4. The highest BCUT2D eigenvalue weighted by atomic mass is 16.4. The zero-order chi connectivity index (χ0) is 34.1. The van der Waals surface area contributed by atoms with Crippen LogP contribution in [0.4, 0.5) is 5.69 Å². The third-order valence-corrected chi connectivity index (χ3v) is 6.28. The molecule has 18 nitrogen and oxygen atoms in total. The minimum absolute atomic E-state index is 0.000587. The molecule has 0 heterocycles. The van der Waals surface area contributed by atoms with E-state index in [1.165, 1.54) is 16.7 Å². The average Bonchev–Trinajstić information content (AvgIpc) is 2.88. The quantitative estimate of drug-likeness (QED) is 0.106. The van der Waals surface area contributed by atoms with Gasteiger partial charge in [0, 0.05) is 84.1 Å². The zero-order valence-corrected chi connectivity index (χ0v) is 24.5. The molecule has 45 heavy (non-hydrogen) atoms. The number of hydrogen-bond donors (Lipinski definition) is 2. The minimum atomic E-state index is -1.61. The number of carboxylic acid groups (broad SMARTS) is 6. The predicted octanol–water partition coefficient (Wildman–Crippen LogP) is -8.40. The average molecular weight is 637 g/mol. The van der Waals surface area contributed by atoms with E-state index in [1.807, 2.05) is 0 Å². The van der Waals surface area contributed by atoms with Crippen LogP contribution in [0.2, 0.25) is 0 Å². The Morgan fingerprint density at radius 3 is 1.51 bits per heavy atom. The molecule has 0 saturated carbocycles. The molecule has 0 aliphatic heterocycles. The Kier molecular flexibility index (Phi) is 16.7. The summed E-state index contributed by atoms with van der Waals surface area (Å²) < 4.78 is 0. The lowest BCUT2D eigenvalue weighted by atomic mass is 10.0. The molecule has 0 aliphatic rings. The predicted molar refractivity (Wildman–Crippen MR) is 142 cm³/mol. The standard InChI is InChI=1S/C27H39N5O13/c1-18(33)28-20-4-2-19(3-5-20)10-21(32(16-26(42)43)17-27(44)45)11-30(13-23(36)37)8-6-29(12-22(34)35)7-9-31(14-24(38)39)15-25(40)41/h2-5,21H,6-17H2,1H3,(H,28,33)(H,34,35)(H,36,37)(H,38,39)(H,40,41)(H,42,43)(H,44,45)/p-5. The molecule has 0 fully saturated rings. The van der Waals surface area contributed by atoms with E-state index in [0.29, 0.717) is 11.3 Å². The van der Waals surface area contributed by atoms with E-state index in [0.717, 1.165) is 9.80 Å². The van der Waals surface area contributed by atoms with Gasteiger partial charge >= 0.3 is 5.97 Å². The molecule has 0 bridgehead atoms. The molecule has 0 aliphatic carbocycles. The number of anilines is 1. The van der Waals surface area contributed by atoms with Crippen molar-refractivity contribution in [2.45, 2.75) is 19.4 Å². The van der Waals surface area contributed by atoms with Crippen molar-refractivity contribution in [1.82, 2.24) is 19.6 Å². The lowest BCUT2D eigenvalue weighted by Gasteiger charge is -2.37. The molecule has 1 aromatic rings. The molecule has 1 unspecified atom stereocenters. The second-order valence-corrected chi connectivity index (χ2v) is 10.1. The van der Waals surface area contributed by atoms with Crippen LogP contribution in [0, 0.1) is 0 Å². The van der Waals surface area contributed by atoms with Gasteiger partial charge in [0.05, 0.1) is 36.4 Å². The molecule has 0 radical (unpaired) electrons. The van der Waals surface area contributed by atoms with Gasteiger partial charge in [0.1, 0.15) is 0 Å². The molecule has 0 spiro atoms. The van der Waals surface area contributed by atoms with E-state index < -0.39 is 81.1 Å². The molecular weight excluding hydrogens is 602 g/mol. The second kappa shape index (κ2) is 19.6. The summed E-state index contributed by atoms with van der Waals surface area (Å²) in [6.45, 7) is -4.20. The van der Waals surface area contributed by atoms with Gasteiger partial charge in [-0.2, -0.15) is 0 Å². The van der Waals surface area contributed by atoms with Crippen LogP contribution >= 0.6 is 0 Å². The molecule has 1 amide bonds. The number of amides is 1. The number of nitrogens with one attached hydrogen (secondary N) is 1. The smallest absolute Gasteiger partial charge is 0.317 e. The topological polar surface area (TPSA) is 280 Å². The maximum Gasteiger partial charge on any atom is 0.317 e. The Morgan fingerprint density at radius 2 is 1.07 bits per heavy atom. The molecule has 1 rings (SSSR count). The number of rotatable bonds is 24. The van der Waals surface area contributed by atoms with Gasteiger partial charge in [-0.25, -0.2) is 0 Å². The fraction of sp³-hybridized carbons (Fsp3) is 0.519. The van der Waals surface area contributed by atoms with Gasteiger partial charge in [-0.05, 0) is 24.1 Å². The van der Waals surface area contributed by atoms with Gasteiger partial charge in [-0.1, -0.05) is 12.1 Å². The summed E-state index contributed by atoms with van der Waals surface area (Å²) in [7, 11) is 0. The van der Waals surface area contributed by atoms with Gasteiger partial charge in [-0.15, -0.1) is 0 Å². The number of carbonyl (C=O) groups is 7. The molecule has 0 aromatic heterocycles. The van der Waals surface area contributed by atoms with Gasteiger partial charge < -0.3 is 59.9 Å². The van der Waals surface area contributed by atoms with Crippen LogP contribution in [0.3, 0.4) is 0 Å². The van der Waals surface area contributed by atoms with E-state index >= 15 is 0 Å². The van der Waals surface area contributed by atoms with Gasteiger partial charge in [0.15, 0.2) is 0 Å². The van der Waals surface area contributed by atoms with E-state index in [-0.39, 0.29) is 45.1 Å². The van der Waals surface area contributed by atoms with Crippen LogP contribution in [0.15, 0.2) is 24.3 Å². The lowest BCUT2D eigenvalue weighted by Crippen LogP contribution is -2.55. The van der Waals surface area contributed by atoms with Crippen LogP contribution in [0.5, 0.6) is 0 Å². The number of benzene rings is 1. The fourth-order valence-corrected chi connectivity index (χ4v) is 4.48. The van der Waals surface area contributed by atoms with Crippen molar-refractivity contribution in [2.75, 3.05) is 77.3 Å². The molecule has 1 atom stereocenters. The highest BCUT2D eigenvalue weighted by molar-refractivity contribution is 5.88. The summed E-state index contributed by atoms with van der Waals surface area (Å²) >= 11 is 0. The van der Waals surface area contributed by atoms with Crippen molar-refractivity contribution in [3.8, 4) is 0 Å². The largest absolute Gasteiger partial charge is 0.549 e. The van der Waals surface area contributed by atoms with Gasteiger partial charge in [-0.3, -0.25) is 29.2 Å². The monoisotopic (exact) mass is 636 g/mol. The highest BCUT2D eigenvalue weighted by Gasteiger charge is 2.24. The number of aliphatic carboxylic acids is 6. The number of hydrogen-bond acceptors (Lipinski definition) is 16. The van der Waals surface area contributed by atoms with Crippen molar-refractivity contribution in [3.05, 3.63) is 29.8 Å². The van der Waals surface area contributed by atoms with Crippen LogP contribution < -0.4 is 30.8 Å². The third-order valence-electron chi connectivity index (χ3n) is 6.28.